The molecule has 0 heterocycles. The predicted octanol–water partition coefficient (Wildman–Crippen LogP) is 4.24. The first-order valence-electron chi connectivity index (χ1n) is 8.61. The first kappa shape index (κ1) is 20.0. The van der Waals surface area contributed by atoms with Crippen molar-refractivity contribution in [2.24, 2.45) is 0 Å². The number of benzene rings is 2. The molecule has 2 aromatic carbocycles. The highest BCUT2D eigenvalue weighted by atomic mass is 35.5. The summed E-state index contributed by atoms with van der Waals surface area (Å²) in [4.78, 5) is 24.3. The fraction of sp³-hybridized carbons (Fsp3) is 0.333. The third-order valence-electron chi connectivity index (χ3n) is 4.17. The molecule has 0 bridgehead atoms. The van der Waals surface area contributed by atoms with Crippen LogP contribution in [0.25, 0.3) is 0 Å². The molecular weight excluding hydrogens is 348 g/mol. The van der Waals surface area contributed by atoms with E-state index in [0.717, 1.165) is 11.1 Å². The summed E-state index contributed by atoms with van der Waals surface area (Å²) in [5, 5.41) is 6.08. The van der Waals surface area contributed by atoms with Crippen molar-refractivity contribution in [1.29, 1.82) is 0 Å². The Hall–Kier alpha value is -2.33. The maximum atomic E-state index is 12.2. The number of carbonyl (C=O) groups excluding carboxylic acids is 2. The molecule has 2 N–H and O–H groups in total. The molecule has 0 fully saturated rings. The van der Waals surface area contributed by atoms with Gasteiger partial charge in [-0.05, 0) is 41.7 Å². The molecule has 1 atom stereocenters. The van der Waals surface area contributed by atoms with Gasteiger partial charge in [-0.3, -0.25) is 9.59 Å². The average Bonchev–Trinajstić information content (AvgIpc) is 2.59. The number of nitrogens with one attached hydrogen (secondary N) is 2. The standard InChI is InChI=1S/C21H25ClN2O2/c1-14(17-7-5-6-8-18(17)22)24-19(25)13-23-20(26)15-9-11-16(12-10-15)21(2,3)4/h5-12,14H,13H2,1-4H3,(H,23,26)(H,24,25). The van der Waals surface area contributed by atoms with Crippen molar-refractivity contribution in [2.45, 2.75) is 39.2 Å². The predicted molar refractivity (Wildman–Crippen MR) is 105 cm³/mol. The smallest absolute Gasteiger partial charge is 0.251 e. The Morgan fingerprint density at radius 2 is 1.65 bits per heavy atom. The molecule has 4 nitrogen and oxygen atoms in total. The van der Waals surface area contributed by atoms with Gasteiger partial charge >= 0.3 is 0 Å². The largest absolute Gasteiger partial charge is 0.348 e. The van der Waals surface area contributed by atoms with Crippen molar-refractivity contribution >= 4 is 23.4 Å². The zero-order valence-electron chi connectivity index (χ0n) is 15.6. The highest BCUT2D eigenvalue weighted by Crippen LogP contribution is 2.23. The summed E-state index contributed by atoms with van der Waals surface area (Å²) in [5.74, 6) is -0.539. The molecule has 0 aromatic heterocycles. The van der Waals surface area contributed by atoms with Crippen LogP contribution in [0, 0.1) is 0 Å². The van der Waals surface area contributed by atoms with E-state index in [1.165, 1.54) is 0 Å². The second-order valence-corrected chi connectivity index (χ2v) is 7.73. The molecule has 0 spiro atoms. The van der Waals surface area contributed by atoms with Crippen LogP contribution in [0.1, 0.15) is 55.2 Å². The van der Waals surface area contributed by atoms with Gasteiger partial charge in [-0.1, -0.05) is 62.7 Å². The molecule has 1 unspecified atom stereocenters. The van der Waals surface area contributed by atoms with Crippen LogP contribution in [0.5, 0.6) is 0 Å². The van der Waals surface area contributed by atoms with Crippen LogP contribution in [-0.2, 0) is 10.2 Å². The Labute approximate surface area is 159 Å². The van der Waals surface area contributed by atoms with Crippen LogP contribution >= 0.6 is 11.6 Å². The minimum atomic E-state index is -0.272. The summed E-state index contributed by atoms with van der Waals surface area (Å²) in [5.41, 5.74) is 2.56. The fourth-order valence-electron chi connectivity index (χ4n) is 2.58. The molecule has 5 heteroatoms. The maximum Gasteiger partial charge on any atom is 0.251 e. The summed E-state index contributed by atoms with van der Waals surface area (Å²) in [7, 11) is 0. The SMILES string of the molecule is CC(NC(=O)CNC(=O)c1ccc(C(C)(C)C)cc1)c1ccccc1Cl. The van der Waals surface area contributed by atoms with E-state index in [2.05, 4.69) is 31.4 Å². The molecule has 0 aliphatic carbocycles. The minimum absolute atomic E-state index is 0.0315. The lowest BCUT2D eigenvalue weighted by Gasteiger charge is -2.19. The topological polar surface area (TPSA) is 58.2 Å². The highest BCUT2D eigenvalue weighted by Gasteiger charge is 2.16. The second-order valence-electron chi connectivity index (χ2n) is 7.32. The van der Waals surface area contributed by atoms with Gasteiger partial charge in [0.2, 0.25) is 5.91 Å². The van der Waals surface area contributed by atoms with Gasteiger partial charge < -0.3 is 10.6 Å². The number of carbonyl (C=O) groups is 2. The van der Waals surface area contributed by atoms with Gasteiger partial charge in [0.15, 0.2) is 0 Å². The molecule has 0 aliphatic rings. The van der Waals surface area contributed by atoms with Crippen LogP contribution in [0.2, 0.25) is 5.02 Å². The normalized spacial score (nSPS) is 12.3. The highest BCUT2D eigenvalue weighted by molar-refractivity contribution is 6.31. The monoisotopic (exact) mass is 372 g/mol. The van der Waals surface area contributed by atoms with Crippen molar-refractivity contribution < 1.29 is 9.59 Å². The first-order chi connectivity index (χ1) is 12.2. The third kappa shape index (κ3) is 5.33. The second kappa shape index (κ2) is 8.37. The van der Waals surface area contributed by atoms with Crippen LogP contribution in [0.4, 0.5) is 0 Å². The van der Waals surface area contributed by atoms with E-state index in [1.807, 2.05) is 37.3 Å². The zero-order chi connectivity index (χ0) is 19.3. The van der Waals surface area contributed by atoms with E-state index in [9.17, 15) is 9.59 Å². The number of halogens is 1. The molecule has 0 saturated heterocycles. The number of hydrogen-bond donors (Lipinski definition) is 2. The first-order valence-corrected chi connectivity index (χ1v) is 8.99. The van der Waals surface area contributed by atoms with E-state index in [1.54, 1.807) is 18.2 Å². The van der Waals surface area contributed by atoms with Crippen LogP contribution in [-0.4, -0.2) is 18.4 Å². The molecule has 0 saturated carbocycles. The van der Waals surface area contributed by atoms with Crippen molar-refractivity contribution in [3.05, 3.63) is 70.2 Å². The average molecular weight is 373 g/mol. The van der Waals surface area contributed by atoms with Crippen LogP contribution in [0.15, 0.2) is 48.5 Å². The van der Waals surface area contributed by atoms with E-state index in [0.29, 0.717) is 10.6 Å². The molecular formula is C21H25ClN2O2. The summed E-state index contributed by atoms with van der Waals surface area (Å²) < 4.78 is 0. The lowest BCUT2D eigenvalue weighted by Crippen LogP contribution is -2.38. The van der Waals surface area contributed by atoms with Crippen molar-refractivity contribution in [2.75, 3.05) is 6.54 Å². The Bertz CT molecular complexity index is 779. The summed E-state index contributed by atoms with van der Waals surface area (Å²) in [6.07, 6.45) is 0. The van der Waals surface area contributed by atoms with Gasteiger partial charge in [0, 0.05) is 10.6 Å². The van der Waals surface area contributed by atoms with E-state index < -0.39 is 0 Å². The number of hydrogen-bond acceptors (Lipinski definition) is 2. The zero-order valence-corrected chi connectivity index (χ0v) is 16.4. The molecule has 2 amide bonds. The Balaban J connectivity index is 1.89. The lowest BCUT2D eigenvalue weighted by molar-refractivity contribution is -0.120. The van der Waals surface area contributed by atoms with E-state index in [4.69, 9.17) is 11.6 Å². The minimum Gasteiger partial charge on any atom is -0.348 e. The van der Waals surface area contributed by atoms with Crippen LogP contribution in [0.3, 0.4) is 0 Å². The summed E-state index contributed by atoms with van der Waals surface area (Å²) in [6, 6.07) is 14.5. The summed E-state index contributed by atoms with van der Waals surface area (Å²) in [6.45, 7) is 8.12. The molecule has 2 aromatic rings. The Morgan fingerprint density at radius 3 is 2.23 bits per heavy atom. The van der Waals surface area contributed by atoms with Gasteiger partial charge in [-0.15, -0.1) is 0 Å². The summed E-state index contributed by atoms with van der Waals surface area (Å²) >= 11 is 6.13. The number of rotatable bonds is 5. The van der Waals surface area contributed by atoms with Gasteiger partial charge in [0.25, 0.3) is 5.91 Å². The molecule has 0 aliphatic heterocycles. The maximum absolute atomic E-state index is 12.2. The Morgan fingerprint density at radius 1 is 1.04 bits per heavy atom. The van der Waals surface area contributed by atoms with E-state index >= 15 is 0 Å². The van der Waals surface area contributed by atoms with Crippen molar-refractivity contribution in [3.8, 4) is 0 Å². The lowest BCUT2D eigenvalue weighted by atomic mass is 9.87. The van der Waals surface area contributed by atoms with Gasteiger partial charge in [0.05, 0.1) is 12.6 Å². The third-order valence-corrected chi connectivity index (χ3v) is 4.52. The van der Waals surface area contributed by atoms with Crippen LogP contribution < -0.4 is 10.6 Å². The van der Waals surface area contributed by atoms with Gasteiger partial charge in [0.1, 0.15) is 0 Å². The molecule has 138 valence electrons. The van der Waals surface area contributed by atoms with E-state index in [-0.39, 0.29) is 29.8 Å². The van der Waals surface area contributed by atoms with Crippen molar-refractivity contribution in [1.82, 2.24) is 10.6 Å². The molecule has 26 heavy (non-hydrogen) atoms. The molecule has 2 rings (SSSR count). The molecule has 0 radical (unpaired) electrons. The Kier molecular flexibility index (Phi) is 6.43. The quantitative estimate of drug-likeness (QED) is 0.824. The van der Waals surface area contributed by atoms with Gasteiger partial charge in [-0.25, -0.2) is 0 Å². The fourth-order valence-corrected chi connectivity index (χ4v) is 2.88. The van der Waals surface area contributed by atoms with Gasteiger partial charge in [-0.2, -0.15) is 0 Å². The van der Waals surface area contributed by atoms with Crippen molar-refractivity contribution in [3.63, 3.8) is 0 Å². The number of amides is 2.